The fourth-order valence-corrected chi connectivity index (χ4v) is 3.12. The Balaban J connectivity index is 0.000000451. The predicted molar refractivity (Wildman–Crippen MR) is 111 cm³/mol. The summed E-state index contributed by atoms with van der Waals surface area (Å²) in [5.41, 5.74) is 3.06. The van der Waals surface area contributed by atoms with Crippen LogP contribution in [0.1, 0.15) is 15.9 Å². The molecule has 2 aromatic rings. The molecule has 1 aromatic heterocycles. The molecule has 1 amide bonds. The fourth-order valence-electron chi connectivity index (χ4n) is 3.12. The van der Waals surface area contributed by atoms with Gasteiger partial charge in [-0.05, 0) is 36.2 Å². The highest BCUT2D eigenvalue weighted by Crippen LogP contribution is 2.28. The molecule has 1 fully saturated rings. The van der Waals surface area contributed by atoms with E-state index in [0.717, 1.165) is 24.2 Å². The number of alkyl halides is 3. The summed E-state index contributed by atoms with van der Waals surface area (Å²) in [5, 5.41) is 10.4. The predicted octanol–water partition coefficient (Wildman–Crippen LogP) is 2.05. The summed E-state index contributed by atoms with van der Waals surface area (Å²) < 4.78 is 38.8. The maximum absolute atomic E-state index is 12.8. The van der Waals surface area contributed by atoms with Gasteiger partial charge in [-0.25, -0.2) is 4.79 Å². The number of hydrogen-bond donors (Lipinski definition) is 2. The van der Waals surface area contributed by atoms with Crippen molar-refractivity contribution in [2.45, 2.75) is 13.1 Å². The normalized spacial score (nSPS) is 13.8. The van der Waals surface area contributed by atoms with Crippen molar-refractivity contribution in [2.75, 3.05) is 33.3 Å². The number of halogens is 3. The summed E-state index contributed by atoms with van der Waals surface area (Å²) in [5.74, 6) is -2.22. The number of aliphatic carboxylic acids is 1. The van der Waals surface area contributed by atoms with E-state index >= 15 is 0 Å². The van der Waals surface area contributed by atoms with E-state index in [1.165, 1.54) is 0 Å². The molecule has 0 saturated carbocycles. The lowest BCUT2D eigenvalue weighted by atomic mass is 10.0. The van der Waals surface area contributed by atoms with Crippen LogP contribution in [-0.2, 0) is 11.8 Å². The number of carbonyl (C=O) groups excluding carboxylic acids is 1. The topological polar surface area (TPSA) is 101 Å². The van der Waals surface area contributed by atoms with Crippen molar-refractivity contribution in [1.82, 2.24) is 14.8 Å². The number of carbonyl (C=O) groups is 2. The van der Waals surface area contributed by atoms with Crippen molar-refractivity contribution in [1.29, 1.82) is 0 Å². The van der Waals surface area contributed by atoms with E-state index in [2.05, 4.69) is 5.32 Å². The Morgan fingerprint density at radius 3 is 2.22 bits per heavy atom. The van der Waals surface area contributed by atoms with Crippen LogP contribution in [0.15, 0.2) is 35.3 Å². The number of rotatable bonds is 3. The Morgan fingerprint density at radius 2 is 1.72 bits per heavy atom. The third-order valence-electron chi connectivity index (χ3n) is 4.77. The van der Waals surface area contributed by atoms with Crippen molar-refractivity contribution < 1.29 is 32.6 Å². The highest BCUT2D eigenvalue weighted by molar-refractivity contribution is 5.97. The van der Waals surface area contributed by atoms with E-state index in [1.54, 1.807) is 37.9 Å². The van der Waals surface area contributed by atoms with Crippen LogP contribution < -0.4 is 15.6 Å². The van der Waals surface area contributed by atoms with E-state index in [4.69, 9.17) is 14.6 Å². The lowest BCUT2D eigenvalue weighted by molar-refractivity contribution is -0.192. The highest BCUT2D eigenvalue weighted by atomic mass is 19.4. The van der Waals surface area contributed by atoms with Crippen molar-refractivity contribution in [3.63, 3.8) is 0 Å². The van der Waals surface area contributed by atoms with E-state index in [1.807, 2.05) is 23.1 Å². The first-order valence-corrected chi connectivity index (χ1v) is 9.61. The third kappa shape index (κ3) is 6.10. The zero-order valence-corrected chi connectivity index (χ0v) is 17.8. The maximum atomic E-state index is 12.8. The van der Waals surface area contributed by atoms with Gasteiger partial charge in [0.15, 0.2) is 0 Å². The fraction of sp³-hybridized carbons (Fsp3) is 0.381. The molecule has 0 radical (unpaired) electrons. The van der Waals surface area contributed by atoms with E-state index in [0.29, 0.717) is 30.0 Å². The smallest absolute Gasteiger partial charge is 0.490 e. The van der Waals surface area contributed by atoms with Gasteiger partial charge in [0, 0.05) is 45.0 Å². The summed E-state index contributed by atoms with van der Waals surface area (Å²) in [4.78, 5) is 35.4. The Kier molecular flexibility index (Phi) is 8.03. The Labute approximate surface area is 182 Å². The number of methoxy groups -OCH3 is 1. The van der Waals surface area contributed by atoms with Gasteiger partial charge in [-0.15, -0.1) is 0 Å². The number of hydrogen-bond acceptors (Lipinski definition) is 5. The van der Waals surface area contributed by atoms with Gasteiger partial charge >= 0.3 is 12.1 Å². The number of pyridine rings is 1. The standard InChI is InChI=1S/C19H23N3O3.C2HF3O2/c1-13-10-15(12-21(2)18(13)23)14-4-5-16(17(11-14)25-3)19(24)22-8-6-20-7-9-22;3-2(4,5)1(6)7/h4-5,10-12,20H,6-9H2,1-3H3;(H,6,7). The molecular weight excluding hydrogens is 431 g/mol. The third-order valence-corrected chi connectivity index (χ3v) is 4.77. The Morgan fingerprint density at radius 1 is 1.12 bits per heavy atom. The minimum Gasteiger partial charge on any atom is -0.496 e. The molecule has 174 valence electrons. The number of aromatic nitrogens is 1. The largest absolute Gasteiger partial charge is 0.496 e. The van der Waals surface area contributed by atoms with Crippen LogP contribution in [0.2, 0.25) is 0 Å². The number of nitrogens with zero attached hydrogens (tertiary/aromatic N) is 2. The van der Waals surface area contributed by atoms with Crippen LogP contribution >= 0.6 is 0 Å². The van der Waals surface area contributed by atoms with Gasteiger partial charge in [0.2, 0.25) is 0 Å². The number of ether oxygens (including phenoxy) is 1. The average molecular weight is 455 g/mol. The van der Waals surface area contributed by atoms with Crippen molar-refractivity contribution in [3.05, 3.63) is 51.9 Å². The van der Waals surface area contributed by atoms with E-state index in [9.17, 15) is 22.8 Å². The van der Waals surface area contributed by atoms with Crippen LogP contribution in [0.5, 0.6) is 5.75 Å². The van der Waals surface area contributed by atoms with Crippen molar-refractivity contribution in [2.24, 2.45) is 7.05 Å². The Bertz CT molecular complexity index is 1020. The number of piperazine rings is 1. The van der Waals surface area contributed by atoms with Crippen LogP contribution in [0.25, 0.3) is 11.1 Å². The molecule has 32 heavy (non-hydrogen) atoms. The molecule has 1 aromatic carbocycles. The second-order valence-electron chi connectivity index (χ2n) is 7.09. The van der Waals surface area contributed by atoms with Gasteiger partial charge in [0.05, 0.1) is 12.7 Å². The molecule has 11 heteroatoms. The molecule has 0 atom stereocenters. The van der Waals surface area contributed by atoms with Gasteiger partial charge in [-0.2, -0.15) is 13.2 Å². The summed E-state index contributed by atoms with van der Waals surface area (Å²) in [6, 6.07) is 7.42. The van der Waals surface area contributed by atoms with Crippen molar-refractivity contribution >= 4 is 11.9 Å². The lowest BCUT2D eigenvalue weighted by Crippen LogP contribution is -2.46. The molecule has 8 nitrogen and oxygen atoms in total. The number of carboxylic acid groups (broad SMARTS) is 1. The quantitative estimate of drug-likeness (QED) is 0.735. The molecule has 1 aliphatic heterocycles. The molecule has 0 bridgehead atoms. The average Bonchev–Trinajstić information content (AvgIpc) is 2.76. The van der Waals surface area contributed by atoms with Gasteiger partial charge in [-0.1, -0.05) is 6.07 Å². The number of amides is 1. The lowest BCUT2D eigenvalue weighted by Gasteiger charge is -2.28. The Hall–Kier alpha value is -3.34. The molecule has 0 unspecified atom stereocenters. The minimum absolute atomic E-state index is 0.0125. The molecule has 1 aliphatic rings. The zero-order chi connectivity index (χ0) is 24.1. The molecule has 3 rings (SSSR count). The molecule has 2 N–H and O–H groups in total. The summed E-state index contributed by atoms with van der Waals surface area (Å²) in [6.07, 6.45) is -3.29. The van der Waals surface area contributed by atoms with Gasteiger partial charge < -0.3 is 24.6 Å². The summed E-state index contributed by atoms with van der Waals surface area (Å²) in [7, 11) is 3.30. The second-order valence-corrected chi connectivity index (χ2v) is 7.09. The summed E-state index contributed by atoms with van der Waals surface area (Å²) in [6.45, 7) is 4.81. The molecule has 0 spiro atoms. The number of benzene rings is 1. The minimum atomic E-state index is -5.08. The van der Waals surface area contributed by atoms with Crippen molar-refractivity contribution in [3.8, 4) is 16.9 Å². The van der Waals surface area contributed by atoms with Gasteiger partial charge in [0.25, 0.3) is 11.5 Å². The first kappa shape index (κ1) is 24.9. The number of carboxylic acids is 1. The van der Waals surface area contributed by atoms with E-state index in [-0.39, 0.29) is 11.5 Å². The van der Waals surface area contributed by atoms with E-state index < -0.39 is 12.1 Å². The van der Waals surface area contributed by atoms with Crippen LogP contribution in [0.4, 0.5) is 13.2 Å². The highest BCUT2D eigenvalue weighted by Gasteiger charge is 2.38. The first-order valence-electron chi connectivity index (χ1n) is 9.61. The molecule has 0 aliphatic carbocycles. The number of aryl methyl sites for hydroxylation is 2. The molecule has 1 saturated heterocycles. The second kappa shape index (κ2) is 10.3. The van der Waals surface area contributed by atoms with Crippen LogP contribution in [0.3, 0.4) is 0 Å². The summed E-state index contributed by atoms with van der Waals surface area (Å²) >= 11 is 0. The molecule has 2 heterocycles. The molecular formula is C21H24F3N3O5. The van der Waals surface area contributed by atoms with Gasteiger partial charge in [-0.3, -0.25) is 9.59 Å². The monoisotopic (exact) mass is 455 g/mol. The maximum Gasteiger partial charge on any atom is 0.490 e. The van der Waals surface area contributed by atoms with Gasteiger partial charge in [0.1, 0.15) is 5.75 Å². The van der Waals surface area contributed by atoms with Crippen LogP contribution in [-0.4, -0.2) is 65.9 Å². The number of nitrogens with one attached hydrogen (secondary N) is 1. The zero-order valence-electron chi connectivity index (χ0n) is 17.8. The van der Waals surface area contributed by atoms with Crippen LogP contribution in [0, 0.1) is 6.92 Å². The SMILES string of the molecule is COc1cc(-c2cc(C)c(=O)n(C)c2)ccc1C(=O)N1CCNCC1.O=C(O)C(F)(F)F. The first-order chi connectivity index (χ1) is 15.0.